The zero-order valence-corrected chi connectivity index (χ0v) is 14.8. The first kappa shape index (κ1) is 16.7. The number of phenolic OH excluding ortho intramolecular Hbond substituents is 1. The van der Waals surface area contributed by atoms with Crippen molar-refractivity contribution in [3.8, 4) is 5.75 Å². The third-order valence-corrected chi connectivity index (χ3v) is 5.73. The van der Waals surface area contributed by atoms with Crippen molar-refractivity contribution in [3.05, 3.63) is 23.8 Å². The van der Waals surface area contributed by atoms with Crippen LogP contribution in [-0.4, -0.2) is 54.3 Å². The second-order valence-corrected chi connectivity index (χ2v) is 7.54. The molecule has 1 heterocycles. The Morgan fingerprint density at radius 1 is 1.04 bits per heavy atom. The fraction of sp³-hybridized carbons (Fsp3) is 0.650. The van der Waals surface area contributed by atoms with Gasteiger partial charge in [0.1, 0.15) is 5.75 Å². The van der Waals surface area contributed by atoms with Crippen molar-refractivity contribution >= 4 is 11.6 Å². The molecule has 1 amide bonds. The molecule has 0 spiro atoms. The number of morpholine rings is 1. The normalized spacial score (nSPS) is 22.0. The number of rotatable bonds is 4. The molecular formula is C20H28N2O3. The second-order valence-electron chi connectivity index (χ2n) is 7.54. The first-order valence-corrected chi connectivity index (χ1v) is 9.72. The fourth-order valence-corrected chi connectivity index (χ4v) is 4.20. The summed E-state index contributed by atoms with van der Waals surface area (Å²) in [5.41, 5.74) is 1.42. The lowest BCUT2D eigenvalue weighted by molar-refractivity contribution is 0.0611. The molecule has 1 aliphatic heterocycles. The lowest BCUT2D eigenvalue weighted by Gasteiger charge is -2.35. The summed E-state index contributed by atoms with van der Waals surface area (Å²) in [4.78, 5) is 17.4. The van der Waals surface area contributed by atoms with Gasteiger partial charge in [0.25, 0.3) is 5.91 Å². The van der Waals surface area contributed by atoms with Crippen LogP contribution < -0.4 is 4.90 Å². The summed E-state index contributed by atoms with van der Waals surface area (Å²) in [6, 6.07) is 6.25. The highest BCUT2D eigenvalue weighted by molar-refractivity contribution is 5.98. The number of aromatic hydroxyl groups is 1. The Morgan fingerprint density at radius 3 is 2.36 bits per heavy atom. The monoisotopic (exact) mass is 344 g/mol. The van der Waals surface area contributed by atoms with Crippen molar-refractivity contribution in [1.82, 2.24) is 4.90 Å². The van der Waals surface area contributed by atoms with Gasteiger partial charge in [0.15, 0.2) is 0 Å². The van der Waals surface area contributed by atoms with Crippen LogP contribution in [0.15, 0.2) is 18.2 Å². The summed E-state index contributed by atoms with van der Waals surface area (Å²) in [6.45, 7) is 3.06. The lowest BCUT2D eigenvalue weighted by Crippen LogP contribution is -2.43. The van der Waals surface area contributed by atoms with E-state index < -0.39 is 0 Å². The van der Waals surface area contributed by atoms with E-state index >= 15 is 0 Å². The molecule has 0 bridgehead atoms. The maximum Gasteiger partial charge on any atom is 0.258 e. The van der Waals surface area contributed by atoms with Crippen molar-refractivity contribution < 1.29 is 14.6 Å². The molecule has 25 heavy (non-hydrogen) atoms. The van der Waals surface area contributed by atoms with Gasteiger partial charge in [-0.15, -0.1) is 0 Å². The number of hydrogen-bond acceptors (Lipinski definition) is 4. The summed E-state index contributed by atoms with van der Waals surface area (Å²) >= 11 is 0. The highest BCUT2D eigenvalue weighted by Crippen LogP contribution is 2.36. The Balaban J connectivity index is 1.53. The van der Waals surface area contributed by atoms with Crippen LogP contribution in [0.2, 0.25) is 0 Å². The number of benzene rings is 1. The lowest BCUT2D eigenvalue weighted by atomic mass is 9.93. The maximum absolute atomic E-state index is 13.2. The van der Waals surface area contributed by atoms with Crippen molar-refractivity contribution in [2.45, 2.75) is 57.0 Å². The molecule has 0 unspecified atom stereocenters. The van der Waals surface area contributed by atoms with Crippen LogP contribution in [0.1, 0.15) is 55.3 Å². The van der Waals surface area contributed by atoms with Crippen LogP contribution in [0, 0.1) is 0 Å². The van der Waals surface area contributed by atoms with E-state index in [1.165, 1.54) is 19.3 Å². The number of ether oxygens (including phenoxy) is 1. The molecule has 4 rings (SSSR count). The van der Waals surface area contributed by atoms with E-state index in [4.69, 9.17) is 4.74 Å². The van der Waals surface area contributed by atoms with Crippen LogP contribution >= 0.6 is 0 Å². The summed E-state index contributed by atoms with van der Waals surface area (Å²) in [7, 11) is 0. The SMILES string of the molecule is O=C(c1ccc(N2CCOCC2)cc1O)N(C1CCCCC1)C1CC1. The molecule has 1 aromatic rings. The molecule has 3 aliphatic rings. The third kappa shape index (κ3) is 3.61. The number of carbonyl (C=O) groups is 1. The van der Waals surface area contributed by atoms with Crippen molar-refractivity contribution in [2.24, 2.45) is 0 Å². The molecule has 2 saturated carbocycles. The van der Waals surface area contributed by atoms with Gasteiger partial charge >= 0.3 is 0 Å². The third-order valence-electron chi connectivity index (χ3n) is 5.73. The van der Waals surface area contributed by atoms with Crippen LogP contribution in [0.4, 0.5) is 5.69 Å². The molecule has 0 atom stereocenters. The summed E-state index contributed by atoms with van der Waals surface area (Å²) in [6.07, 6.45) is 8.13. The highest BCUT2D eigenvalue weighted by Gasteiger charge is 2.38. The predicted molar refractivity (Wildman–Crippen MR) is 97.2 cm³/mol. The smallest absolute Gasteiger partial charge is 0.258 e. The first-order valence-electron chi connectivity index (χ1n) is 9.72. The number of anilines is 1. The van der Waals surface area contributed by atoms with Crippen LogP contribution in [0.25, 0.3) is 0 Å². The quantitative estimate of drug-likeness (QED) is 0.911. The van der Waals surface area contributed by atoms with Crippen LogP contribution in [-0.2, 0) is 4.74 Å². The number of hydrogen-bond donors (Lipinski definition) is 1. The molecular weight excluding hydrogens is 316 g/mol. The maximum atomic E-state index is 13.2. The predicted octanol–water partition coefficient (Wildman–Crippen LogP) is 3.17. The Kier molecular flexibility index (Phi) is 4.84. The molecule has 3 fully saturated rings. The van der Waals surface area contributed by atoms with E-state index in [2.05, 4.69) is 9.80 Å². The van der Waals surface area contributed by atoms with Gasteiger partial charge < -0.3 is 19.6 Å². The number of phenols is 1. The zero-order valence-electron chi connectivity index (χ0n) is 14.8. The first-order chi connectivity index (χ1) is 12.2. The summed E-state index contributed by atoms with van der Waals surface area (Å²) in [5, 5.41) is 10.5. The molecule has 0 aromatic heterocycles. The van der Waals surface area contributed by atoms with E-state index in [0.717, 1.165) is 44.5 Å². The molecule has 1 N–H and O–H groups in total. The van der Waals surface area contributed by atoms with Crippen molar-refractivity contribution in [2.75, 3.05) is 31.2 Å². The molecule has 5 heteroatoms. The molecule has 1 saturated heterocycles. The summed E-state index contributed by atoms with van der Waals surface area (Å²) in [5.74, 6) is 0.121. The number of carbonyl (C=O) groups excluding carboxylic acids is 1. The molecule has 0 radical (unpaired) electrons. The average Bonchev–Trinajstić information content (AvgIpc) is 3.48. The second kappa shape index (κ2) is 7.24. The zero-order chi connectivity index (χ0) is 17.2. The van der Waals surface area contributed by atoms with Crippen LogP contribution in [0.5, 0.6) is 5.75 Å². The Hall–Kier alpha value is -1.75. The van der Waals surface area contributed by atoms with Gasteiger partial charge in [-0.2, -0.15) is 0 Å². The fourth-order valence-electron chi connectivity index (χ4n) is 4.20. The summed E-state index contributed by atoms with van der Waals surface area (Å²) < 4.78 is 5.38. The van der Waals surface area contributed by atoms with Gasteiger partial charge in [0.05, 0.1) is 18.8 Å². The average molecular weight is 344 g/mol. The van der Waals surface area contributed by atoms with Gasteiger partial charge in [-0.05, 0) is 37.8 Å². The Morgan fingerprint density at radius 2 is 1.72 bits per heavy atom. The number of nitrogens with zero attached hydrogens (tertiary/aromatic N) is 2. The van der Waals surface area contributed by atoms with E-state index in [9.17, 15) is 9.90 Å². The Bertz CT molecular complexity index is 617. The highest BCUT2D eigenvalue weighted by atomic mass is 16.5. The molecule has 5 nitrogen and oxygen atoms in total. The standard InChI is InChI=1S/C20H28N2O3/c23-19-14-17(21-10-12-25-13-11-21)8-9-18(19)20(24)22(16-6-7-16)15-4-2-1-3-5-15/h8-9,14-16,23H,1-7,10-13H2. The molecule has 136 valence electrons. The van der Waals surface area contributed by atoms with E-state index in [-0.39, 0.29) is 11.7 Å². The minimum atomic E-state index is 0.0143. The molecule has 2 aliphatic carbocycles. The van der Waals surface area contributed by atoms with Gasteiger partial charge in [0, 0.05) is 36.9 Å². The van der Waals surface area contributed by atoms with Gasteiger partial charge in [-0.3, -0.25) is 4.79 Å². The Labute approximate surface area is 149 Å². The van der Waals surface area contributed by atoms with Crippen LogP contribution in [0.3, 0.4) is 0 Å². The van der Waals surface area contributed by atoms with E-state index in [1.807, 2.05) is 6.07 Å². The largest absolute Gasteiger partial charge is 0.507 e. The topological polar surface area (TPSA) is 53.0 Å². The van der Waals surface area contributed by atoms with Crippen molar-refractivity contribution in [1.29, 1.82) is 0 Å². The van der Waals surface area contributed by atoms with Gasteiger partial charge in [-0.1, -0.05) is 19.3 Å². The number of amides is 1. The van der Waals surface area contributed by atoms with E-state index in [1.54, 1.807) is 12.1 Å². The van der Waals surface area contributed by atoms with E-state index in [0.29, 0.717) is 30.9 Å². The minimum Gasteiger partial charge on any atom is -0.507 e. The minimum absolute atomic E-state index is 0.0143. The van der Waals surface area contributed by atoms with Gasteiger partial charge in [0.2, 0.25) is 0 Å². The van der Waals surface area contributed by atoms with Gasteiger partial charge in [-0.25, -0.2) is 0 Å². The molecule has 1 aromatic carbocycles. The van der Waals surface area contributed by atoms with Crippen molar-refractivity contribution in [3.63, 3.8) is 0 Å².